The molecule has 0 spiro atoms. The van der Waals surface area contributed by atoms with E-state index in [0.717, 1.165) is 17.1 Å². The van der Waals surface area contributed by atoms with E-state index in [4.69, 9.17) is 4.74 Å². The van der Waals surface area contributed by atoms with Crippen molar-refractivity contribution in [3.05, 3.63) is 72.3 Å². The van der Waals surface area contributed by atoms with E-state index in [0.29, 0.717) is 6.54 Å². The Morgan fingerprint density at radius 1 is 0.792 bits per heavy atom. The van der Waals surface area contributed by atoms with Crippen molar-refractivity contribution in [2.24, 2.45) is 0 Å². The topological polar surface area (TPSA) is 82.0 Å². The lowest BCUT2D eigenvalue weighted by Crippen LogP contribution is -2.51. The number of hydrogen-bond donors (Lipinski definition) is 4. The Morgan fingerprint density at radius 3 is 2.17 bits per heavy atom. The molecule has 1 aliphatic rings. The van der Waals surface area contributed by atoms with Crippen LogP contribution in [-0.2, 0) is 6.54 Å². The zero-order valence-corrected chi connectivity index (χ0v) is 13.1. The van der Waals surface area contributed by atoms with E-state index in [1.807, 2.05) is 54.6 Å². The van der Waals surface area contributed by atoms with Gasteiger partial charge in [0.1, 0.15) is 29.8 Å². The van der Waals surface area contributed by atoms with Gasteiger partial charge in [-0.3, -0.25) is 0 Å². The monoisotopic (exact) mass is 327 g/mol. The molecule has 0 aromatic heterocycles. The van der Waals surface area contributed by atoms with E-state index in [1.54, 1.807) is 6.08 Å². The molecule has 0 heterocycles. The van der Waals surface area contributed by atoms with Gasteiger partial charge in [0.05, 0.1) is 6.04 Å². The smallest absolute Gasteiger partial charge is 0.127 e. The van der Waals surface area contributed by atoms with E-state index in [9.17, 15) is 15.3 Å². The Hall–Kier alpha value is -2.18. The summed E-state index contributed by atoms with van der Waals surface area (Å²) in [4.78, 5) is 0. The second-order valence-corrected chi connectivity index (χ2v) is 5.82. The van der Waals surface area contributed by atoms with Gasteiger partial charge in [-0.05, 0) is 29.8 Å². The van der Waals surface area contributed by atoms with Crippen LogP contribution in [0.5, 0.6) is 11.5 Å². The minimum atomic E-state index is -1.17. The molecule has 0 bridgehead atoms. The second kappa shape index (κ2) is 7.59. The second-order valence-electron chi connectivity index (χ2n) is 5.82. The summed E-state index contributed by atoms with van der Waals surface area (Å²) in [5.74, 6) is 1.53. The fraction of sp³-hybridized carbons (Fsp3) is 0.263. The molecule has 0 saturated heterocycles. The largest absolute Gasteiger partial charge is 0.457 e. The normalized spacial score (nSPS) is 26.3. The van der Waals surface area contributed by atoms with Crippen LogP contribution in [0.15, 0.2) is 66.7 Å². The summed E-state index contributed by atoms with van der Waals surface area (Å²) in [5, 5.41) is 32.3. The van der Waals surface area contributed by atoms with Gasteiger partial charge < -0.3 is 25.4 Å². The molecule has 0 saturated carbocycles. The number of hydrogen-bond acceptors (Lipinski definition) is 5. The van der Waals surface area contributed by atoms with Crippen molar-refractivity contribution in [3.8, 4) is 11.5 Å². The van der Waals surface area contributed by atoms with E-state index in [2.05, 4.69) is 5.32 Å². The summed E-state index contributed by atoms with van der Waals surface area (Å²) < 4.78 is 5.74. The highest BCUT2D eigenvalue weighted by Crippen LogP contribution is 2.21. The molecule has 4 N–H and O–H groups in total. The Balaban J connectivity index is 1.56. The molecule has 0 fully saturated rings. The average Bonchev–Trinajstić information content (AvgIpc) is 2.61. The van der Waals surface area contributed by atoms with Crippen LogP contribution in [-0.4, -0.2) is 39.7 Å². The van der Waals surface area contributed by atoms with Crippen LogP contribution in [0.4, 0.5) is 0 Å². The summed E-state index contributed by atoms with van der Waals surface area (Å²) in [6.45, 7) is 0.528. The van der Waals surface area contributed by atoms with Crippen molar-refractivity contribution >= 4 is 0 Å². The van der Waals surface area contributed by atoms with E-state index in [1.165, 1.54) is 6.08 Å². The van der Waals surface area contributed by atoms with E-state index in [-0.39, 0.29) is 0 Å². The molecular formula is C19H21NO4. The van der Waals surface area contributed by atoms with Gasteiger partial charge in [-0.25, -0.2) is 0 Å². The van der Waals surface area contributed by atoms with Crippen LogP contribution in [0.3, 0.4) is 0 Å². The standard InChI is InChI=1S/C19H21NO4/c21-17-11-10-16(18(22)19(17)23)20-12-13-6-8-15(9-7-13)24-14-4-2-1-3-5-14/h1-11,16-23H,12H2/t16-,17-,18+,19+/m1/s1. The van der Waals surface area contributed by atoms with Crippen molar-refractivity contribution in [1.29, 1.82) is 0 Å². The summed E-state index contributed by atoms with van der Waals surface area (Å²) in [6.07, 6.45) is -0.0619. The van der Waals surface area contributed by atoms with Crippen molar-refractivity contribution in [2.75, 3.05) is 0 Å². The molecular weight excluding hydrogens is 306 g/mol. The van der Waals surface area contributed by atoms with Crippen molar-refractivity contribution in [1.82, 2.24) is 5.32 Å². The predicted molar refractivity (Wildman–Crippen MR) is 90.7 cm³/mol. The molecule has 0 radical (unpaired) electrons. The van der Waals surface area contributed by atoms with Crippen LogP contribution >= 0.6 is 0 Å². The number of ether oxygens (including phenoxy) is 1. The molecule has 0 aliphatic heterocycles. The van der Waals surface area contributed by atoms with Gasteiger partial charge in [0.15, 0.2) is 0 Å². The average molecular weight is 327 g/mol. The van der Waals surface area contributed by atoms with Gasteiger partial charge in [0.25, 0.3) is 0 Å². The molecule has 5 nitrogen and oxygen atoms in total. The number of rotatable bonds is 5. The Bertz CT molecular complexity index is 672. The summed E-state index contributed by atoms with van der Waals surface area (Å²) in [5.41, 5.74) is 1.02. The third kappa shape index (κ3) is 4.01. The Morgan fingerprint density at radius 2 is 1.46 bits per heavy atom. The lowest BCUT2D eigenvalue weighted by atomic mass is 9.94. The first-order valence-corrected chi connectivity index (χ1v) is 7.91. The third-order valence-corrected chi connectivity index (χ3v) is 4.03. The molecule has 0 amide bonds. The molecule has 24 heavy (non-hydrogen) atoms. The molecule has 2 aromatic carbocycles. The molecule has 2 aromatic rings. The summed E-state index contributed by atoms with van der Waals surface area (Å²) in [7, 11) is 0. The Kier molecular flexibility index (Phi) is 5.27. The highest BCUT2D eigenvalue weighted by atomic mass is 16.5. The van der Waals surface area contributed by atoms with Gasteiger partial charge >= 0.3 is 0 Å². The van der Waals surface area contributed by atoms with Crippen LogP contribution in [0, 0.1) is 0 Å². The maximum Gasteiger partial charge on any atom is 0.127 e. The Labute approximate surface area is 140 Å². The highest BCUT2D eigenvalue weighted by Gasteiger charge is 2.32. The van der Waals surface area contributed by atoms with Crippen molar-refractivity contribution < 1.29 is 20.1 Å². The SMILES string of the molecule is O[C@@H]1[C@@H](O)[C@H](NCc2ccc(Oc3ccccc3)cc2)C=C[C@H]1O. The van der Waals surface area contributed by atoms with Gasteiger partial charge in [0.2, 0.25) is 0 Å². The van der Waals surface area contributed by atoms with Crippen LogP contribution in [0.1, 0.15) is 5.56 Å². The van der Waals surface area contributed by atoms with Crippen molar-refractivity contribution in [2.45, 2.75) is 30.9 Å². The van der Waals surface area contributed by atoms with Crippen molar-refractivity contribution in [3.63, 3.8) is 0 Å². The minimum absolute atomic E-state index is 0.399. The van der Waals surface area contributed by atoms with E-state index < -0.39 is 24.4 Å². The first kappa shape index (κ1) is 16.7. The summed E-state index contributed by atoms with van der Waals surface area (Å²) in [6, 6.07) is 16.8. The first-order chi connectivity index (χ1) is 11.6. The zero-order valence-electron chi connectivity index (χ0n) is 13.1. The van der Waals surface area contributed by atoms with Crippen LogP contribution < -0.4 is 10.1 Å². The predicted octanol–water partition coefficient (Wildman–Crippen LogP) is 1.59. The van der Waals surface area contributed by atoms with Crippen LogP contribution in [0.2, 0.25) is 0 Å². The lowest BCUT2D eigenvalue weighted by molar-refractivity contribution is -0.0567. The lowest BCUT2D eigenvalue weighted by Gasteiger charge is -2.31. The number of aliphatic hydroxyl groups is 3. The molecule has 126 valence electrons. The number of para-hydroxylation sites is 1. The highest BCUT2D eigenvalue weighted by molar-refractivity contribution is 5.33. The molecule has 3 rings (SSSR count). The van der Waals surface area contributed by atoms with Gasteiger partial charge in [-0.1, -0.05) is 42.5 Å². The fourth-order valence-electron chi connectivity index (χ4n) is 2.60. The molecule has 4 atom stereocenters. The van der Waals surface area contributed by atoms with Gasteiger partial charge in [0, 0.05) is 6.54 Å². The molecule has 5 heteroatoms. The van der Waals surface area contributed by atoms with Crippen LogP contribution in [0.25, 0.3) is 0 Å². The maximum atomic E-state index is 9.95. The third-order valence-electron chi connectivity index (χ3n) is 4.03. The van der Waals surface area contributed by atoms with Gasteiger partial charge in [-0.2, -0.15) is 0 Å². The number of aliphatic hydroxyl groups excluding tert-OH is 3. The quantitative estimate of drug-likeness (QED) is 0.627. The maximum absolute atomic E-state index is 9.95. The fourth-order valence-corrected chi connectivity index (χ4v) is 2.60. The minimum Gasteiger partial charge on any atom is -0.457 e. The van der Waals surface area contributed by atoms with Gasteiger partial charge in [-0.15, -0.1) is 0 Å². The number of nitrogens with one attached hydrogen (secondary N) is 1. The number of benzene rings is 2. The molecule has 1 aliphatic carbocycles. The summed E-state index contributed by atoms with van der Waals surface area (Å²) >= 11 is 0. The van der Waals surface area contributed by atoms with E-state index >= 15 is 0 Å². The first-order valence-electron chi connectivity index (χ1n) is 7.91. The molecule has 0 unspecified atom stereocenters. The zero-order chi connectivity index (χ0) is 16.9.